The quantitative estimate of drug-likeness (QED) is 0.166. The molecule has 0 amide bonds. The molecule has 10 N–H and O–H groups in total. The van der Waals surface area contributed by atoms with Crippen LogP contribution in [0.25, 0.3) is 0 Å². The van der Waals surface area contributed by atoms with Gasteiger partial charge in [-0.05, 0) is 0 Å². The van der Waals surface area contributed by atoms with Crippen LogP contribution >= 0.6 is 0 Å². The van der Waals surface area contributed by atoms with Crippen LogP contribution in [0.1, 0.15) is 0 Å². The first kappa shape index (κ1) is 27.5. The van der Waals surface area contributed by atoms with E-state index < -0.39 is 74.6 Å². The molecule has 2 fully saturated rings. The zero-order chi connectivity index (χ0) is 22.8. The number of hydrogen-bond donors (Lipinski definition) is 10. The minimum atomic E-state index is -1.44. The molecule has 10 atom stereocenters. The average molecular weight is 448 g/mol. The molecule has 0 aliphatic carbocycles. The predicted octanol–water partition coefficient (Wildman–Crippen LogP) is -6.41. The standard InChI is InChI=1S/2C8H16O7/c2*9-1-2-14-7-6(12)5(11)4(3-10)15-8(7)13/h2*4-13H,1-3H2/t4-,5-,6+,7-,8+;4-,5-,6+,7-,8-/m11/s1. The highest BCUT2D eigenvalue weighted by atomic mass is 16.7. The van der Waals surface area contributed by atoms with E-state index in [0.717, 1.165) is 0 Å². The van der Waals surface area contributed by atoms with Gasteiger partial charge in [0.2, 0.25) is 0 Å². The lowest BCUT2D eigenvalue weighted by atomic mass is 9.99. The highest BCUT2D eigenvalue weighted by Crippen LogP contribution is 2.22. The fourth-order valence-electron chi connectivity index (χ4n) is 2.88. The van der Waals surface area contributed by atoms with Gasteiger partial charge in [-0.2, -0.15) is 0 Å². The highest BCUT2D eigenvalue weighted by molar-refractivity contribution is 4.90. The number of ether oxygens (including phenoxy) is 4. The van der Waals surface area contributed by atoms with Crippen molar-refractivity contribution in [3.8, 4) is 0 Å². The molecule has 0 aromatic rings. The third kappa shape index (κ3) is 7.25. The second-order valence-electron chi connectivity index (χ2n) is 6.58. The minimum absolute atomic E-state index is 0.0847. The molecule has 2 aliphatic heterocycles. The Bertz CT molecular complexity index is 416. The Morgan fingerprint density at radius 3 is 1.13 bits per heavy atom. The monoisotopic (exact) mass is 448 g/mol. The Morgan fingerprint density at radius 1 is 0.533 bits per heavy atom. The van der Waals surface area contributed by atoms with E-state index in [2.05, 4.69) is 0 Å². The molecule has 14 heteroatoms. The third-order valence-electron chi connectivity index (χ3n) is 4.49. The van der Waals surface area contributed by atoms with Crippen LogP contribution in [0.5, 0.6) is 0 Å². The van der Waals surface area contributed by atoms with Crippen LogP contribution in [-0.4, -0.2) is 152 Å². The average Bonchev–Trinajstić information content (AvgIpc) is 2.73. The van der Waals surface area contributed by atoms with Gasteiger partial charge in [-0.25, -0.2) is 0 Å². The van der Waals surface area contributed by atoms with Gasteiger partial charge in [-0.1, -0.05) is 0 Å². The Hall–Kier alpha value is -0.560. The van der Waals surface area contributed by atoms with Gasteiger partial charge in [0, 0.05) is 0 Å². The molecule has 30 heavy (non-hydrogen) atoms. The van der Waals surface area contributed by atoms with Gasteiger partial charge in [-0.3, -0.25) is 0 Å². The molecule has 0 saturated carbocycles. The summed E-state index contributed by atoms with van der Waals surface area (Å²) in [7, 11) is 0. The summed E-state index contributed by atoms with van der Waals surface area (Å²) in [5.74, 6) is 0. The second-order valence-corrected chi connectivity index (χ2v) is 6.58. The van der Waals surface area contributed by atoms with Crippen molar-refractivity contribution in [1.29, 1.82) is 0 Å². The van der Waals surface area contributed by atoms with Crippen LogP contribution in [0.3, 0.4) is 0 Å². The molecule has 0 spiro atoms. The van der Waals surface area contributed by atoms with Crippen molar-refractivity contribution in [2.45, 2.75) is 61.4 Å². The summed E-state index contributed by atoms with van der Waals surface area (Å²) in [6.45, 7) is -1.73. The molecule has 0 radical (unpaired) electrons. The van der Waals surface area contributed by atoms with Gasteiger partial charge < -0.3 is 70.0 Å². The van der Waals surface area contributed by atoms with E-state index >= 15 is 0 Å². The van der Waals surface area contributed by atoms with E-state index in [4.69, 9.17) is 39.4 Å². The van der Waals surface area contributed by atoms with Gasteiger partial charge in [0.05, 0.1) is 39.6 Å². The first-order valence-corrected chi connectivity index (χ1v) is 9.29. The number of rotatable bonds is 8. The van der Waals surface area contributed by atoms with E-state index in [-0.39, 0.29) is 26.4 Å². The molecular weight excluding hydrogens is 416 g/mol. The molecule has 180 valence electrons. The van der Waals surface area contributed by atoms with E-state index in [9.17, 15) is 30.6 Å². The fourth-order valence-corrected chi connectivity index (χ4v) is 2.88. The number of hydrogen-bond acceptors (Lipinski definition) is 14. The maximum absolute atomic E-state index is 9.53. The molecule has 0 aromatic heterocycles. The summed E-state index contributed by atoms with van der Waals surface area (Å²) in [5, 5.41) is 91.2. The van der Waals surface area contributed by atoms with E-state index in [0.29, 0.717) is 0 Å². The summed E-state index contributed by atoms with van der Waals surface area (Å²) in [4.78, 5) is 0. The topological polar surface area (TPSA) is 239 Å². The molecule has 2 aliphatic rings. The molecular formula is C16H32O14. The smallest absolute Gasteiger partial charge is 0.184 e. The van der Waals surface area contributed by atoms with Gasteiger partial charge in [0.15, 0.2) is 12.6 Å². The lowest BCUT2D eigenvalue weighted by Gasteiger charge is -2.39. The van der Waals surface area contributed by atoms with E-state index in [1.54, 1.807) is 0 Å². The van der Waals surface area contributed by atoms with Crippen molar-refractivity contribution >= 4 is 0 Å². The Kier molecular flexibility index (Phi) is 12.6. The summed E-state index contributed by atoms with van der Waals surface area (Å²) < 4.78 is 19.4. The van der Waals surface area contributed by atoms with Crippen LogP contribution in [0.4, 0.5) is 0 Å². The second kappa shape index (κ2) is 13.8. The molecule has 0 unspecified atom stereocenters. The normalized spacial score (nSPS) is 41.8. The fraction of sp³-hybridized carbons (Fsp3) is 1.00. The number of aliphatic hydroxyl groups excluding tert-OH is 10. The lowest BCUT2D eigenvalue weighted by Crippen LogP contribution is -2.59. The zero-order valence-electron chi connectivity index (χ0n) is 16.1. The maximum atomic E-state index is 9.53. The minimum Gasteiger partial charge on any atom is -0.394 e. The Morgan fingerprint density at radius 2 is 0.867 bits per heavy atom. The molecule has 0 aromatic carbocycles. The van der Waals surface area contributed by atoms with Crippen LogP contribution in [0, 0.1) is 0 Å². The largest absolute Gasteiger partial charge is 0.394 e. The maximum Gasteiger partial charge on any atom is 0.184 e. The summed E-state index contributed by atoms with van der Waals surface area (Å²) >= 11 is 0. The van der Waals surface area contributed by atoms with E-state index in [1.165, 1.54) is 0 Å². The lowest BCUT2D eigenvalue weighted by molar-refractivity contribution is -0.297. The number of aliphatic hydroxyl groups is 10. The Labute approximate surface area is 172 Å². The summed E-state index contributed by atoms with van der Waals surface area (Å²) in [6.07, 6.45) is -12.6. The van der Waals surface area contributed by atoms with Crippen molar-refractivity contribution in [2.24, 2.45) is 0 Å². The molecule has 2 saturated heterocycles. The van der Waals surface area contributed by atoms with Crippen LogP contribution < -0.4 is 0 Å². The zero-order valence-corrected chi connectivity index (χ0v) is 16.1. The van der Waals surface area contributed by atoms with Crippen LogP contribution in [0.2, 0.25) is 0 Å². The first-order valence-electron chi connectivity index (χ1n) is 9.29. The van der Waals surface area contributed by atoms with Gasteiger partial charge in [0.25, 0.3) is 0 Å². The van der Waals surface area contributed by atoms with Crippen molar-refractivity contribution < 1.29 is 70.0 Å². The van der Waals surface area contributed by atoms with Gasteiger partial charge >= 0.3 is 0 Å². The third-order valence-corrected chi connectivity index (χ3v) is 4.49. The molecule has 0 bridgehead atoms. The Balaban J connectivity index is 0.000000300. The first-order chi connectivity index (χ1) is 14.2. The van der Waals surface area contributed by atoms with Crippen molar-refractivity contribution in [3.63, 3.8) is 0 Å². The van der Waals surface area contributed by atoms with Crippen LogP contribution in [0.15, 0.2) is 0 Å². The molecule has 2 rings (SSSR count). The van der Waals surface area contributed by atoms with Gasteiger partial charge in [0.1, 0.15) is 48.8 Å². The van der Waals surface area contributed by atoms with Gasteiger partial charge in [-0.15, -0.1) is 0 Å². The molecule has 14 nitrogen and oxygen atoms in total. The van der Waals surface area contributed by atoms with Crippen molar-refractivity contribution in [2.75, 3.05) is 39.6 Å². The summed E-state index contributed by atoms with van der Waals surface area (Å²) in [5.41, 5.74) is 0. The van der Waals surface area contributed by atoms with Crippen molar-refractivity contribution in [1.82, 2.24) is 0 Å². The predicted molar refractivity (Wildman–Crippen MR) is 93.6 cm³/mol. The van der Waals surface area contributed by atoms with Crippen molar-refractivity contribution in [3.05, 3.63) is 0 Å². The highest BCUT2D eigenvalue weighted by Gasteiger charge is 2.45. The van der Waals surface area contributed by atoms with E-state index in [1.807, 2.05) is 0 Å². The summed E-state index contributed by atoms with van der Waals surface area (Å²) in [6, 6.07) is 0. The molecule has 2 heterocycles. The van der Waals surface area contributed by atoms with Crippen LogP contribution in [-0.2, 0) is 18.9 Å². The SMILES string of the molecule is OCCO[C@@H]1[C@@H](O)[C@H](O)[C@@H](CO)O[C@@H]1O.OCCO[C@@H]1[C@@H](O)[C@H](O)[C@@H](CO)O[C@H]1O.